The maximum atomic E-state index is 9.79. The van der Waals surface area contributed by atoms with Crippen molar-refractivity contribution >= 4 is 0 Å². The first kappa shape index (κ1) is 14.3. The quantitative estimate of drug-likeness (QED) is 0.782. The Morgan fingerprint density at radius 1 is 1.39 bits per heavy atom. The van der Waals surface area contributed by atoms with Crippen LogP contribution >= 0.6 is 0 Å². The molecule has 2 N–H and O–H groups in total. The average molecular weight is 256 g/mol. The molecule has 2 fully saturated rings. The lowest BCUT2D eigenvalue weighted by Crippen LogP contribution is -2.57. The zero-order chi connectivity index (χ0) is 13.2. The first-order valence-electron chi connectivity index (χ1n) is 7.20. The van der Waals surface area contributed by atoms with Crippen molar-refractivity contribution in [2.24, 2.45) is 5.92 Å². The maximum Gasteiger partial charge on any atom is 0.0948 e. The van der Waals surface area contributed by atoms with Crippen LogP contribution in [0.25, 0.3) is 0 Å². The van der Waals surface area contributed by atoms with Crippen molar-refractivity contribution in [3.63, 3.8) is 0 Å². The minimum Gasteiger partial charge on any atom is -0.389 e. The fourth-order valence-electron chi connectivity index (χ4n) is 3.42. The van der Waals surface area contributed by atoms with Gasteiger partial charge in [-0.05, 0) is 32.9 Å². The predicted octanol–water partition coefficient (Wildman–Crippen LogP) is 0.846. The molecule has 0 spiro atoms. The van der Waals surface area contributed by atoms with E-state index in [-0.39, 0.29) is 17.7 Å². The fourth-order valence-corrected chi connectivity index (χ4v) is 3.42. The number of aliphatic hydroxyl groups is 1. The van der Waals surface area contributed by atoms with Crippen molar-refractivity contribution in [3.8, 4) is 0 Å². The fraction of sp³-hybridized carbons (Fsp3) is 1.00. The van der Waals surface area contributed by atoms with Crippen LogP contribution in [0.4, 0.5) is 0 Å². The molecule has 1 aliphatic heterocycles. The molecule has 0 amide bonds. The van der Waals surface area contributed by atoms with Crippen LogP contribution < -0.4 is 5.32 Å². The highest BCUT2D eigenvalue weighted by molar-refractivity contribution is 4.96. The summed E-state index contributed by atoms with van der Waals surface area (Å²) in [5, 5.41) is 13.3. The van der Waals surface area contributed by atoms with Gasteiger partial charge in [-0.3, -0.25) is 0 Å². The van der Waals surface area contributed by atoms with Gasteiger partial charge in [0.05, 0.1) is 25.4 Å². The second kappa shape index (κ2) is 5.87. The monoisotopic (exact) mass is 256 g/mol. The molecule has 4 nitrogen and oxygen atoms in total. The van der Waals surface area contributed by atoms with Crippen molar-refractivity contribution in [3.05, 3.63) is 0 Å². The number of hydrogen-bond donors (Lipinski definition) is 2. The third kappa shape index (κ3) is 3.05. The van der Waals surface area contributed by atoms with Gasteiger partial charge in [-0.25, -0.2) is 0 Å². The molecule has 2 rings (SSSR count). The van der Waals surface area contributed by atoms with Crippen LogP contribution in [-0.4, -0.2) is 61.5 Å². The molecule has 0 aromatic rings. The van der Waals surface area contributed by atoms with Gasteiger partial charge < -0.3 is 20.1 Å². The molecular formula is C14H28N2O2. The molecule has 0 radical (unpaired) electrons. The Morgan fingerprint density at radius 3 is 2.72 bits per heavy atom. The summed E-state index contributed by atoms with van der Waals surface area (Å²) in [4.78, 5) is 2.37. The molecule has 0 bridgehead atoms. The van der Waals surface area contributed by atoms with E-state index in [4.69, 9.17) is 4.74 Å². The minimum atomic E-state index is -0.342. The Labute approximate surface area is 111 Å². The van der Waals surface area contributed by atoms with E-state index in [0.717, 1.165) is 12.5 Å². The SMILES string of the molecule is CC1CCCC(CNC2COCC2O)(N(C)C)C1. The number of ether oxygens (including phenoxy) is 1. The summed E-state index contributed by atoms with van der Waals surface area (Å²) in [6.45, 7) is 4.42. The van der Waals surface area contributed by atoms with Gasteiger partial charge in [0.25, 0.3) is 0 Å². The maximum absolute atomic E-state index is 9.79. The molecule has 1 saturated carbocycles. The first-order valence-corrected chi connectivity index (χ1v) is 7.20. The van der Waals surface area contributed by atoms with Crippen LogP contribution in [0.15, 0.2) is 0 Å². The third-order valence-corrected chi connectivity index (χ3v) is 4.76. The zero-order valence-corrected chi connectivity index (χ0v) is 12.0. The van der Waals surface area contributed by atoms with Gasteiger partial charge in [-0.1, -0.05) is 19.8 Å². The van der Waals surface area contributed by atoms with Crippen molar-refractivity contribution in [2.45, 2.75) is 50.3 Å². The summed E-state index contributed by atoms with van der Waals surface area (Å²) in [7, 11) is 4.36. The van der Waals surface area contributed by atoms with E-state index in [9.17, 15) is 5.11 Å². The Bertz CT molecular complexity index is 273. The molecule has 4 heteroatoms. The number of nitrogens with one attached hydrogen (secondary N) is 1. The summed E-state index contributed by atoms with van der Waals surface area (Å²) < 4.78 is 5.30. The van der Waals surface area contributed by atoms with Crippen LogP contribution in [0.3, 0.4) is 0 Å². The molecule has 4 unspecified atom stereocenters. The Kier molecular flexibility index (Phi) is 4.64. The molecule has 18 heavy (non-hydrogen) atoms. The average Bonchev–Trinajstić information content (AvgIpc) is 2.72. The molecular weight excluding hydrogens is 228 g/mol. The normalized spacial score (nSPS) is 41.5. The molecule has 0 aromatic carbocycles. The lowest BCUT2D eigenvalue weighted by molar-refractivity contribution is 0.0657. The Morgan fingerprint density at radius 2 is 2.17 bits per heavy atom. The van der Waals surface area contributed by atoms with Crippen molar-refractivity contribution in [1.82, 2.24) is 10.2 Å². The molecule has 4 atom stereocenters. The van der Waals surface area contributed by atoms with E-state index in [1.54, 1.807) is 0 Å². The van der Waals surface area contributed by atoms with Gasteiger partial charge in [0.1, 0.15) is 0 Å². The van der Waals surface area contributed by atoms with Crippen LogP contribution in [0.5, 0.6) is 0 Å². The molecule has 1 aliphatic carbocycles. The van der Waals surface area contributed by atoms with Gasteiger partial charge in [0, 0.05) is 12.1 Å². The van der Waals surface area contributed by atoms with Gasteiger partial charge in [-0.15, -0.1) is 0 Å². The topological polar surface area (TPSA) is 44.7 Å². The lowest BCUT2D eigenvalue weighted by Gasteiger charge is -2.46. The highest BCUT2D eigenvalue weighted by atomic mass is 16.5. The summed E-state index contributed by atoms with van der Waals surface area (Å²) in [5.74, 6) is 0.799. The largest absolute Gasteiger partial charge is 0.389 e. The second-order valence-corrected chi connectivity index (χ2v) is 6.41. The first-order chi connectivity index (χ1) is 8.53. The number of aliphatic hydroxyl groups excluding tert-OH is 1. The zero-order valence-electron chi connectivity index (χ0n) is 12.0. The second-order valence-electron chi connectivity index (χ2n) is 6.41. The highest BCUT2D eigenvalue weighted by Gasteiger charge is 2.38. The van der Waals surface area contributed by atoms with Gasteiger partial charge in [0.15, 0.2) is 0 Å². The standard InChI is InChI=1S/C14H28N2O2/c1-11-5-4-6-14(7-11,16(2)3)10-15-12-8-18-9-13(12)17/h11-13,15,17H,4-10H2,1-3H3. The van der Waals surface area contributed by atoms with Gasteiger partial charge in [-0.2, -0.15) is 0 Å². The predicted molar refractivity (Wildman–Crippen MR) is 72.7 cm³/mol. The Balaban J connectivity index is 1.93. The summed E-state index contributed by atoms with van der Waals surface area (Å²) in [5.41, 5.74) is 0.250. The highest BCUT2D eigenvalue weighted by Crippen LogP contribution is 2.35. The van der Waals surface area contributed by atoms with Crippen molar-refractivity contribution in [2.75, 3.05) is 33.9 Å². The number of likely N-dealkylation sites (N-methyl/N-ethyl adjacent to an activating group) is 1. The Hall–Kier alpha value is -0.160. The number of rotatable bonds is 4. The molecule has 106 valence electrons. The lowest BCUT2D eigenvalue weighted by atomic mass is 9.75. The van der Waals surface area contributed by atoms with Crippen molar-refractivity contribution < 1.29 is 9.84 Å². The minimum absolute atomic E-state index is 0.110. The summed E-state index contributed by atoms with van der Waals surface area (Å²) in [6, 6.07) is 0.110. The molecule has 1 heterocycles. The van der Waals surface area contributed by atoms with Gasteiger partial charge in [0.2, 0.25) is 0 Å². The van der Waals surface area contributed by atoms with E-state index in [0.29, 0.717) is 13.2 Å². The van der Waals surface area contributed by atoms with E-state index in [1.807, 2.05) is 0 Å². The third-order valence-electron chi connectivity index (χ3n) is 4.76. The van der Waals surface area contributed by atoms with E-state index < -0.39 is 0 Å². The van der Waals surface area contributed by atoms with Crippen LogP contribution in [0.2, 0.25) is 0 Å². The molecule has 2 aliphatic rings. The van der Waals surface area contributed by atoms with E-state index >= 15 is 0 Å². The molecule has 1 saturated heterocycles. The molecule has 0 aromatic heterocycles. The summed E-state index contributed by atoms with van der Waals surface area (Å²) in [6.07, 6.45) is 4.82. The summed E-state index contributed by atoms with van der Waals surface area (Å²) >= 11 is 0. The van der Waals surface area contributed by atoms with Crippen molar-refractivity contribution in [1.29, 1.82) is 0 Å². The van der Waals surface area contributed by atoms with E-state index in [1.165, 1.54) is 25.7 Å². The van der Waals surface area contributed by atoms with Crippen LogP contribution in [-0.2, 0) is 4.74 Å². The number of nitrogens with zero attached hydrogens (tertiary/aromatic N) is 1. The number of hydrogen-bond acceptors (Lipinski definition) is 4. The van der Waals surface area contributed by atoms with Crippen LogP contribution in [0, 0.1) is 5.92 Å². The van der Waals surface area contributed by atoms with Crippen LogP contribution in [0.1, 0.15) is 32.6 Å². The smallest absolute Gasteiger partial charge is 0.0948 e. The van der Waals surface area contributed by atoms with Gasteiger partial charge >= 0.3 is 0 Å². The van der Waals surface area contributed by atoms with E-state index in [2.05, 4.69) is 31.2 Å².